The number of hydrogen-bond acceptors (Lipinski definition) is 5. The van der Waals surface area contributed by atoms with Crippen LogP contribution in [0.2, 0.25) is 0 Å². The predicted octanol–water partition coefficient (Wildman–Crippen LogP) is 3.97. The second kappa shape index (κ2) is 8.54. The van der Waals surface area contributed by atoms with Gasteiger partial charge in [-0.05, 0) is 75.1 Å². The van der Waals surface area contributed by atoms with E-state index in [1.807, 2.05) is 18.2 Å². The van der Waals surface area contributed by atoms with E-state index in [4.69, 9.17) is 10.1 Å². The van der Waals surface area contributed by atoms with E-state index in [9.17, 15) is 14.1 Å². The molecule has 2 aromatic heterocycles. The highest BCUT2D eigenvalue weighted by Gasteiger charge is 2.31. The number of nitrogens with one attached hydrogen (secondary N) is 1. The van der Waals surface area contributed by atoms with Crippen LogP contribution in [0.5, 0.6) is 0 Å². The Balaban J connectivity index is 1.52. The number of fused-ring (bicyclic) bond motifs is 2. The van der Waals surface area contributed by atoms with Gasteiger partial charge in [0.1, 0.15) is 5.60 Å². The number of benzene rings is 1. The molecular weight excluding hydrogens is 464 g/mol. The molecular formula is C25H30N6O3S. The molecule has 0 saturated heterocycles. The molecule has 0 aliphatic heterocycles. The van der Waals surface area contributed by atoms with Gasteiger partial charge < -0.3 is 10.4 Å². The van der Waals surface area contributed by atoms with Gasteiger partial charge in [0.15, 0.2) is 14.9 Å². The smallest absolute Gasteiger partial charge is 0.354 e. The minimum Gasteiger partial charge on any atom is -0.384 e. The number of hydrogen-bond donors (Lipinski definition) is 3. The quantitative estimate of drug-likeness (QED) is 0.504. The van der Waals surface area contributed by atoms with Gasteiger partial charge in [0.2, 0.25) is 0 Å². The summed E-state index contributed by atoms with van der Waals surface area (Å²) in [5.41, 5.74) is 4.64. The minimum absolute atomic E-state index is 0.0764. The van der Waals surface area contributed by atoms with Crippen molar-refractivity contribution < 1.29 is 14.1 Å². The summed E-state index contributed by atoms with van der Waals surface area (Å²) in [7, 11) is -3.68. The Kier molecular flexibility index (Phi) is 5.77. The highest BCUT2D eigenvalue weighted by Crippen LogP contribution is 2.41. The van der Waals surface area contributed by atoms with Crippen molar-refractivity contribution in [2.45, 2.75) is 69.4 Å². The van der Waals surface area contributed by atoms with Crippen molar-refractivity contribution in [1.29, 1.82) is 0 Å². The van der Waals surface area contributed by atoms with E-state index >= 15 is 0 Å². The Labute approximate surface area is 205 Å². The fraction of sp³-hybridized carbons (Fsp3) is 0.400. The van der Waals surface area contributed by atoms with Crippen LogP contribution in [0.1, 0.15) is 67.7 Å². The van der Waals surface area contributed by atoms with E-state index in [0.29, 0.717) is 17.3 Å². The largest absolute Gasteiger partial charge is 0.384 e. The molecule has 1 aromatic carbocycles. The predicted molar refractivity (Wildman–Crippen MR) is 134 cm³/mol. The zero-order valence-electron chi connectivity index (χ0n) is 20.1. The summed E-state index contributed by atoms with van der Waals surface area (Å²) in [6.07, 6.45) is 4.54. The molecule has 0 fully saturated rings. The van der Waals surface area contributed by atoms with Gasteiger partial charge in [-0.3, -0.25) is 4.98 Å². The molecule has 10 heteroatoms. The first kappa shape index (κ1) is 23.7. The molecule has 1 unspecified atom stereocenters. The number of carbonyl (C=O) groups excluding carboxylic acids is 1. The first-order valence-electron chi connectivity index (χ1n) is 11.8. The Hall–Kier alpha value is -3.08. The topological polar surface area (TPSA) is 135 Å². The Morgan fingerprint density at radius 2 is 1.97 bits per heavy atom. The molecule has 0 radical (unpaired) electrons. The summed E-state index contributed by atoms with van der Waals surface area (Å²) < 4.78 is 18.7. The van der Waals surface area contributed by atoms with Crippen molar-refractivity contribution in [2.24, 2.45) is 9.50 Å². The van der Waals surface area contributed by atoms with E-state index < -0.39 is 21.5 Å². The van der Waals surface area contributed by atoms with Gasteiger partial charge in [-0.25, -0.2) is 18.8 Å². The van der Waals surface area contributed by atoms with Gasteiger partial charge >= 0.3 is 6.03 Å². The minimum atomic E-state index is -3.68. The molecule has 0 bridgehead atoms. The third kappa shape index (κ3) is 4.37. The summed E-state index contributed by atoms with van der Waals surface area (Å²) in [6, 6.07) is 9.79. The second-order valence-electron chi connectivity index (χ2n) is 9.83. The number of nitrogens with zero attached hydrogens (tertiary/aromatic N) is 4. The van der Waals surface area contributed by atoms with E-state index in [1.54, 1.807) is 26.0 Å². The maximum atomic E-state index is 13.4. The number of nitrogens with two attached hydrogens (primary N) is 1. The first-order chi connectivity index (χ1) is 16.5. The van der Waals surface area contributed by atoms with Crippen LogP contribution in [0.3, 0.4) is 0 Å². The molecule has 4 N–H and O–H groups in total. The lowest BCUT2D eigenvalue weighted by Crippen LogP contribution is -2.20. The Bertz CT molecular complexity index is 1430. The lowest BCUT2D eigenvalue weighted by molar-refractivity contribution is 0.0711. The molecule has 2 atom stereocenters. The standard InChI is InChI=1S/C25H30N6O3S/c1-15-12-13-18-22(15)27-19-11-7-10-17(19)23(18)28-24(32)30-35(26,34)21-14-20(25(2,3)33)31(29-21)16-8-5-4-6-9-16/h4-6,8-9,14-15,33H,7,10-13H2,1-3H3,(H3,26,27,28,30,32,34)/t15?,35-/m0/s1. The van der Waals surface area contributed by atoms with E-state index in [0.717, 1.165) is 60.3 Å². The number of urea groups is 1. The van der Waals surface area contributed by atoms with Crippen molar-refractivity contribution in [3.05, 3.63) is 64.6 Å². The lowest BCUT2D eigenvalue weighted by atomic mass is 10.0. The number of para-hydroxylation sites is 1. The molecule has 2 heterocycles. The number of pyridine rings is 1. The number of aliphatic hydroxyl groups is 1. The summed E-state index contributed by atoms with van der Waals surface area (Å²) in [5.74, 6) is 0.337. The summed E-state index contributed by atoms with van der Waals surface area (Å²) in [6.45, 7) is 5.34. The van der Waals surface area contributed by atoms with Crippen molar-refractivity contribution in [3.8, 4) is 5.69 Å². The second-order valence-corrected chi connectivity index (χ2v) is 11.6. The number of aryl methyl sites for hydroxylation is 1. The van der Waals surface area contributed by atoms with Crippen LogP contribution < -0.4 is 10.5 Å². The fourth-order valence-corrected chi connectivity index (χ4v) is 5.82. The van der Waals surface area contributed by atoms with E-state index in [-0.39, 0.29) is 5.03 Å². The number of aromatic nitrogens is 3. The molecule has 9 nitrogen and oxygen atoms in total. The van der Waals surface area contributed by atoms with Crippen molar-refractivity contribution in [1.82, 2.24) is 14.8 Å². The fourth-order valence-electron chi connectivity index (χ4n) is 4.96. The third-order valence-electron chi connectivity index (χ3n) is 6.72. The molecule has 0 spiro atoms. The zero-order chi connectivity index (χ0) is 25.0. The molecule has 35 heavy (non-hydrogen) atoms. The van der Waals surface area contributed by atoms with Crippen molar-refractivity contribution in [3.63, 3.8) is 0 Å². The van der Waals surface area contributed by atoms with E-state index in [2.05, 4.69) is 21.7 Å². The van der Waals surface area contributed by atoms with Gasteiger partial charge in [0.05, 0.1) is 17.1 Å². The molecule has 3 aromatic rings. The Morgan fingerprint density at radius 3 is 2.69 bits per heavy atom. The summed E-state index contributed by atoms with van der Waals surface area (Å²) in [5, 5.41) is 23.9. The maximum absolute atomic E-state index is 13.4. The number of rotatable bonds is 4. The highest BCUT2D eigenvalue weighted by atomic mass is 32.2. The monoisotopic (exact) mass is 494 g/mol. The van der Waals surface area contributed by atoms with Crippen molar-refractivity contribution in [2.75, 3.05) is 5.32 Å². The molecule has 2 aliphatic carbocycles. The number of amides is 2. The SMILES string of the molecule is CC1CCc2c1nc1c(c2NC(=O)N=[S@](N)(=O)c2cc(C(C)(C)O)n(-c3ccccc3)n2)CCC1. The molecule has 2 amide bonds. The average molecular weight is 495 g/mol. The van der Waals surface area contributed by atoms with Crippen LogP contribution in [-0.2, 0) is 34.8 Å². The van der Waals surface area contributed by atoms with Gasteiger partial charge in [0.25, 0.3) is 0 Å². The average Bonchev–Trinajstić information content (AvgIpc) is 3.52. The highest BCUT2D eigenvalue weighted by molar-refractivity contribution is 7.91. The maximum Gasteiger partial charge on any atom is 0.354 e. The van der Waals surface area contributed by atoms with Gasteiger partial charge in [-0.1, -0.05) is 25.1 Å². The number of anilines is 1. The molecule has 0 saturated carbocycles. The van der Waals surface area contributed by atoms with Crippen LogP contribution >= 0.6 is 0 Å². The molecule has 5 rings (SSSR count). The third-order valence-corrected chi connectivity index (χ3v) is 7.95. The normalized spacial score (nSPS) is 18.6. The lowest BCUT2D eigenvalue weighted by Gasteiger charge is -2.18. The van der Waals surface area contributed by atoms with Gasteiger partial charge in [-0.2, -0.15) is 5.10 Å². The van der Waals surface area contributed by atoms with Crippen LogP contribution in [0.25, 0.3) is 5.69 Å². The van der Waals surface area contributed by atoms with Crippen LogP contribution in [0, 0.1) is 0 Å². The first-order valence-corrected chi connectivity index (χ1v) is 13.4. The summed E-state index contributed by atoms with van der Waals surface area (Å²) in [4.78, 5) is 17.9. The van der Waals surface area contributed by atoms with Crippen LogP contribution in [0.15, 0.2) is 45.8 Å². The van der Waals surface area contributed by atoms with Crippen LogP contribution in [-0.4, -0.2) is 30.1 Å². The zero-order valence-corrected chi connectivity index (χ0v) is 20.9. The number of carbonyl (C=O) groups is 1. The van der Waals surface area contributed by atoms with E-state index in [1.165, 1.54) is 10.7 Å². The van der Waals surface area contributed by atoms with Crippen LogP contribution in [0.4, 0.5) is 10.5 Å². The van der Waals surface area contributed by atoms with Crippen molar-refractivity contribution >= 4 is 21.6 Å². The van der Waals surface area contributed by atoms with Gasteiger partial charge in [-0.15, -0.1) is 4.36 Å². The Morgan fingerprint density at radius 1 is 1.23 bits per heavy atom. The van der Waals surface area contributed by atoms with Gasteiger partial charge in [0, 0.05) is 17.5 Å². The summed E-state index contributed by atoms with van der Waals surface area (Å²) >= 11 is 0. The molecule has 2 aliphatic rings. The molecule has 184 valence electrons.